The summed E-state index contributed by atoms with van der Waals surface area (Å²) in [5.74, 6) is -0.00965. The Morgan fingerprint density at radius 1 is 1.16 bits per heavy atom. The van der Waals surface area contributed by atoms with Crippen molar-refractivity contribution in [1.29, 1.82) is 0 Å². The molecule has 0 atom stereocenters. The molecule has 8 heteroatoms. The summed E-state index contributed by atoms with van der Waals surface area (Å²) in [6.07, 6.45) is 1.54. The third-order valence-corrected chi connectivity index (χ3v) is 5.07. The number of hydrogen-bond acceptors (Lipinski definition) is 6. The molecule has 1 aliphatic heterocycles. The molecule has 25 heavy (non-hydrogen) atoms. The molecule has 4 rings (SSSR count). The van der Waals surface area contributed by atoms with E-state index in [9.17, 15) is 9.59 Å². The van der Waals surface area contributed by atoms with Crippen LogP contribution in [0, 0.1) is 0 Å². The van der Waals surface area contributed by atoms with Crippen molar-refractivity contribution < 1.29 is 4.79 Å². The molecule has 3 aromatic rings. The zero-order chi connectivity index (χ0) is 17.4. The first-order valence-corrected chi connectivity index (χ1v) is 8.95. The smallest absolute Gasteiger partial charge is 0.273 e. The van der Waals surface area contributed by atoms with Gasteiger partial charge in [-0.15, -0.1) is 11.3 Å². The van der Waals surface area contributed by atoms with Gasteiger partial charge in [0, 0.05) is 44.3 Å². The van der Waals surface area contributed by atoms with Crippen LogP contribution < -0.4 is 10.5 Å². The van der Waals surface area contributed by atoms with Gasteiger partial charge in [-0.2, -0.15) is 0 Å². The first-order chi connectivity index (χ1) is 12.1. The fourth-order valence-corrected chi connectivity index (χ4v) is 3.57. The van der Waals surface area contributed by atoms with Crippen molar-refractivity contribution in [3.8, 4) is 0 Å². The number of benzene rings is 1. The minimum atomic E-state index is -0.0461. The summed E-state index contributed by atoms with van der Waals surface area (Å²) >= 11 is 1.43. The van der Waals surface area contributed by atoms with Gasteiger partial charge in [-0.05, 0) is 18.2 Å². The largest absolute Gasteiger partial charge is 0.368 e. The Hall–Kier alpha value is -2.74. The van der Waals surface area contributed by atoms with Gasteiger partial charge in [-0.1, -0.05) is 0 Å². The predicted molar refractivity (Wildman–Crippen MR) is 97.2 cm³/mol. The lowest BCUT2D eigenvalue weighted by molar-refractivity contribution is 0.0741. The van der Waals surface area contributed by atoms with E-state index < -0.39 is 0 Å². The maximum Gasteiger partial charge on any atom is 0.273 e. The average Bonchev–Trinajstić information content (AvgIpc) is 3.19. The van der Waals surface area contributed by atoms with E-state index in [-0.39, 0.29) is 11.5 Å². The first-order valence-electron chi connectivity index (χ1n) is 8.01. The topological polar surface area (TPSA) is 71.3 Å². The molecule has 0 aliphatic carbocycles. The van der Waals surface area contributed by atoms with Crippen molar-refractivity contribution in [2.45, 2.75) is 0 Å². The third-order valence-electron chi connectivity index (χ3n) is 4.49. The van der Waals surface area contributed by atoms with E-state index in [0.29, 0.717) is 29.7 Å². The van der Waals surface area contributed by atoms with Crippen LogP contribution in [0.4, 0.5) is 5.69 Å². The lowest BCUT2D eigenvalue weighted by atomic mass is 10.2. The van der Waals surface area contributed by atoms with Crippen molar-refractivity contribution in [3.05, 3.63) is 51.5 Å². The highest BCUT2D eigenvalue weighted by Gasteiger charge is 2.23. The Kier molecular flexibility index (Phi) is 3.96. The summed E-state index contributed by atoms with van der Waals surface area (Å²) in [6.45, 7) is 2.79. The van der Waals surface area contributed by atoms with Gasteiger partial charge in [-0.3, -0.25) is 9.59 Å². The van der Waals surface area contributed by atoms with Crippen LogP contribution in [-0.2, 0) is 7.05 Å². The van der Waals surface area contributed by atoms with Gasteiger partial charge in [0.25, 0.3) is 11.5 Å². The summed E-state index contributed by atoms with van der Waals surface area (Å²) in [5, 5.41) is 2.40. The summed E-state index contributed by atoms with van der Waals surface area (Å²) in [7, 11) is 1.70. The quantitative estimate of drug-likeness (QED) is 0.694. The number of thiazole rings is 1. The highest BCUT2D eigenvalue weighted by Crippen LogP contribution is 2.21. The molecule has 1 amide bonds. The average molecular weight is 355 g/mol. The molecule has 1 aromatic carbocycles. The maximum absolute atomic E-state index is 12.4. The van der Waals surface area contributed by atoms with E-state index in [1.807, 2.05) is 23.1 Å². The van der Waals surface area contributed by atoms with E-state index in [4.69, 9.17) is 0 Å². The Labute approximate surface area is 148 Å². The molecule has 1 aliphatic rings. The molecule has 1 saturated heterocycles. The number of rotatable bonds is 2. The minimum Gasteiger partial charge on any atom is -0.368 e. The summed E-state index contributed by atoms with van der Waals surface area (Å²) in [6, 6.07) is 5.71. The lowest BCUT2D eigenvalue weighted by Crippen LogP contribution is -2.48. The van der Waals surface area contributed by atoms with Gasteiger partial charge in [0.15, 0.2) is 0 Å². The van der Waals surface area contributed by atoms with Crippen LogP contribution in [0.2, 0.25) is 0 Å². The number of hydrogen-bond donors (Lipinski definition) is 0. The SMILES string of the molecule is Cn1cnc2cc(N3CCN(C(=O)c4cscn4)CC3)ccc2c1=O. The van der Waals surface area contributed by atoms with Crippen LogP contribution in [0.1, 0.15) is 10.5 Å². The zero-order valence-corrected chi connectivity index (χ0v) is 14.6. The Balaban J connectivity index is 1.51. The highest BCUT2D eigenvalue weighted by molar-refractivity contribution is 7.07. The van der Waals surface area contributed by atoms with Crippen LogP contribution >= 0.6 is 11.3 Å². The van der Waals surface area contributed by atoms with E-state index in [1.165, 1.54) is 15.9 Å². The number of anilines is 1. The Morgan fingerprint density at radius 2 is 1.96 bits per heavy atom. The van der Waals surface area contributed by atoms with E-state index in [2.05, 4.69) is 14.9 Å². The van der Waals surface area contributed by atoms with Gasteiger partial charge in [-0.25, -0.2) is 9.97 Å². The van der Waals surface area contributed by atoms with Crippen molar-refractivity contribution >= 4 is 33.8 Å². The summed E-state index contributed by atoms with van der Waals surface area (Å²) in [5.41, 5.74) is 3.87. The number of nitrogens with zero attached hydrogens (tertiary/aromatic N) is 5. The number of fused-ring (bicyclic) bond motifs is 1. The zero-order valence-electron chi connectivity index (χ0n) is 13.8. The molecule has 0 N–H and O–H groups in total. The molecular weight excluding hydrogens is 338 g/mol. The Morgan fingerprint density at radius 3 is 2.68 bits per heavy atom. The minimum absolute atomic E-state index is 0.00965. The second-order valence-corrected chi connectivity index (χ2v) is 6.73. The van der Waals surface area contributed by atoms with Crippen LogP contribution in [0.3, 0.4) is 0 Å². The van der Waals surface area contributed by atoms with Crippen molar-refractivity contribution in [1.82, 2.24) is 19.4 Å². The number of piperazine rings is 1. The molecule has 0 unspecified atom stereocenters. The first kappa shape index (κ1) is 15.8. The molecule has 7 nitrogen and oxygen atoms in total. The van der Waals surface area contributed by atoms with Gasteiger partial charge >= 0.3 is 0 Å². The maximum atomic E-state index is 12.4. The van der Waals surface area contributed by atoms with E-state index in [0.717, 1.165) is 18.8 Å². The summed E-state index contributed by atoms with van der Waals surface area (Å²) in [4.78, 5) is 36.9. The van der Waals surface area contributed by atoms with Crippen LogP contribution in [0.5, 0.6) is 0 Å². The molecule has 0 bridgehead atoms. The predicted octanol–water partition coefficient (Wildman–Crippen LogP) is 1.35. The second-order valence-electron chi connectivity index (χ2n) is 6.02. The van der Waals surface area contributed by atoms with Crippen LogP contribution in [0.25, 0.3) is 10.9 Å². The van der Waals surface area contributed by atoms with Crippen LogP contribution in [0.15, 0.2) is 40.2 Å². The molecule has 2 aromatic heterocycles. The van der Waals surface area contributed by atoms with Crippen molar-refractivity contribution in [2.24, 2.45) is 7.05 Å². The van der Waals surface area contributed by atoms with Gasteiger partial charge in [0.1, 0.15) is 5.69 Å². The van der Waals surface area contributed by atoms with Gasteiger partial charge in [0.2, 0.25) is 0 Å². The number of carbonyl (C=O) groups is 1. The molecule has 1 fully saturated rings. The fraction of sp³-hybridized carbons (Fsp3) is 0.294. The molecule has 0 radical (unpaired) electrons. The second kappa shape index (κ2) is 6.29. The third kappa shape index (κ3) is 2.89. The van der Waals surface area contributed by atoms with Gasteiger partial charge in [0.05, 0.1) is 22.7 Å². The molecule has 0 spiro atoms. The van der Waals surface area contributed by atoms with Crippen molar-refractivity contribution in [3.63, 3.8) is 0 Å². The van der Waals surface area contributed by atoms with Gasteiger partial charge < -0.3 is 14.4 Å². The summed E-state index contributed by atoms with van der Waals surface area (Å²) < 4.78 is 1.48. The fourth-order valence-electron chi connectivity index (χ4n) is 3.04. The standard InChI is InChI=1S/C17H17N5O2S/c1-20-10-18-14-8-12(2-3-13(14)16(20)23)21-4-6-22(7-5-21)17(24)15-9-25-11-19-15/h2-3,8-11H,4-7H2,1H3. The normalized spacial score (nSPS) is 14.9. The monoisotopic (exact) mass is 355 g/mol. The van der Waals surface area contributed by atoms with E-state index >= 15 is 0 Å². The highest BCUT2D eigenvalue weighted by atomic mass is 32.1. The molecule has 3 heterocycles. The van der Waals surface area contributed by atoms with Crippen molar-refractivity contribution in [2.75, 3.05) is 31.1 Å². The van der Waals surface area contributed by atoms with E-state index in [1.54, 1.807) is 24.3 Å². The molecule has 0 saturated carbocycles. The molecular formula is C17H17N5O2S. The number of aryl methyl sites for hydroxylation is 1. The Bertz CT molecular complexity index is 974. The lowest BCUT2D eigenvalue weighted by Gasteiger charge is -2.35. The number of aromatic nitrogens is 3. The number of carbonyl (C=O) groups excluding carboxylic acids is 1. The molecule has 128 valence electrons. The van der Waals surface area contributed by atoms with Crippen LogP contribution in [-0.4, -0.2) is 51.5 Å². The number of amides is 1.